The summed E-state index contributed by atoms with van der Waals surface area (Å²) >= 11 is 6.14. The van der Waals surface area contributed by atoms with Gasteiger partial charge in [0.05, 0.1) is 12.5 Å². The Morgan fingerprint density at radius 3 is 2.68 bits per heavy atom. The molecule has 1 N–H and O–H groups in total. The number of aryl methyl sites for hydroxylation is 1. The first-order chi connectivity index (χ1) is 9.19. The number of rotatable bonds is 5. The van der Waals surface area contributed by atoms with Gasteiger partial charge in [0.25, 0.3) is 0 Å². The predicted octanol–water partition coefficient (Wildman–Crippen LogP) is 2.90. The van der Waals surface area contributed by atoms with Crippen LogP contribution in [-0.4, -0.2) is 24.4 Å². The summed E-state index contributed by atoms with van der Waals surface area (Å²) in [5.74, 6) is 0.928. The maximum atomic E-state index is 11.8. The number of alkyl halides is 1. The number of carbonyl (C=O) groups is 1. The van der Waals surface area contributed by atoms with Crippen molar-refractivity contribution in [2.24, 2.45) is 0 Å². The molecule has 1 saturated carbocycles. The monoisotopic (exact) mass is 281 g/mol. The van der Waals surface area contributed by atoms with Crippen LogP contribution in [0.4, 0.5) is 0 Å². The summed E-state index contributed by atoms with van der Waals surface area (Å²) in [6, 6.07) is 7.97. The summed E-state index contributed by atoms with van der Waals surface area (Å²) in [6.45, 7) is 0. The lowest BCUT2D eigenvalue weighted by atomic mass is 10.1. The molecule has 0 radical (unpaired) electrons. The summed E-state index contributed by atoms with van der Waals surface area (Å²) in [5, 5.41) is 3.13. The van der Waals surface area contributed by atoms with Crippen LogP contribution in [0.5, 0.6) is 5.75 Å². The second-order valence-electron chi connectivity index (χ2n) is 4.97. The van der Waals surface area contributed by atoms with Gasteiger partial charge in [-0.05, 0) is 43.4 Å². The molecule has 4 heteroatoms. The maximum absolute atomic E-state index is 11.8. The number of hydrogen-bond donors (Lipinski definition) is 1. The smallest absolute Gasteiger partial charge is 0.220 e. The van der Waals surface area contributed by atoms with Crippen molar-refractivity contribution in [3.05, 3.63) is 29.8 Å². The van der Waals surface area contributed by atoms with E-state index in [4.69, 9.17) is 16.3 Å². The third-order valence-corrected chi connectivity index (χ3v) is 4.10. The molecular formula is C15H20ClNO2. The molecule has 1 amide bonds. The quantitative estimate of drug-likeness (QED) is 0.843. The molecule has 1 fully saturated rings. The standard InChI is InChI=1S/C15H20ClNO2/c1-19-12-8-5-11(6-9-12)7-10-15(18)17-14-4-2-3-13(14)16/h5-6,8-9,13-14H,2-4,7,10H2,1H3,(H,17,18). The Bertz CT molecular complexity index is 419. The van der Waals surface area contributed by atoms with Crippen LogP contribution < -0.4 is 10.1 Å². The van der Waals surface area contributed by atoms with Crippen LogP contribution in [-0.2, 0) is 11.2 Å². The molecule has 104 valence electrons. The van der Waals surface area contributed by atoms with Crippen molar-refractivity contribution in [1.82, 2.24) is 5.32 Å². The lowest BCUT2D eigenvalue weighted by Gasteiger charge is -2.15. The highest BCUT2D eigenvalue weighted by atomic mass is 35.5. The Morgan fingerprint density at radius 2 is 2.11 bits per heavy atom. The topological polar surface area (TPSA) is 38.3 Å². The molecule has 1 aromatic carbocycles. The van der Waals surface area contributed by atoms with E-state index in [0.29, 0.717) is 6.42 Å². The second kappa shape index (κ2) is 6.80. The fourth-order valence-corrected chi connectivity index (χ4v) is 2.75. The van der Waals surface area contributed by atoms with Crippen molar-refractivity contribution in [1.29, 1.82) is 0 Å². The number of nitrogens with one attached hydrogen (secondary N) is 1. The highest BCUT2D eigenvalue weighted by Gasteiger charge is 2.26. The molecular weight excluding hydrogens is 262 g/mol. The molecule has 1 aliphatic rings. The average molecular weight is 282 g/mol. The Hall–Kier alpha value is -1.22. The normalized spacial score (nSPS) is 22.2. The summed E-state index contributed by atoms with van der Waals surface area (Å²) in [6.07, 6.45) is 4.37. The molecule has 0 aliphatic heterocycles. The Balaban J connectivity index is 1.76. The van der Waals surface area contributed by atoms with Crippen molar-refractivity contribution in [3.8, 4) is 5.75 Å². The van der Waals surface area contributed by atoms with E-state index in [9.17, 15) is 4.79 Å². The number of halogens is 1. The molecule has 2 unspecified atom stereocenters. The molecule has 19 heavy (non-hydrogen) atoms. The Morgan fingerprint density at radius 1 is 1.37 bits per heavy atom. The van der Waals surface area contributed by atoms with E-state index in [2.05, 4.69) is 5.32 Å². The van der Waals surface area contributed by atoms with Gasteiger partial charge in [0.2, 0.25) is 5.91 Å². The molecule has 0 spiro atoms. The van der Waals surface area contributed by atoms with E-state index in [-0.39, 0.29) is 17.3 Å². The van der Waals surface area contributed by atoms with E-state index in [1.165, 1.54) is 0 Å². The van der Waals surface area contributed by atoms with Crippen molar-refractivity contribution in [2.45, 2.75) is 43.5 Å². The lowest BCUT2D eigenvalue weighted by Crippen LogP contribution is -2.37. The lowest BCUT2D eigenvalue weighted by molar-refractivity contribution is -0.121. The highest BCUT2D eigenvalue weighted by molar-refractivity contribution is 6.21. The zero-order chi connectivity index (χ0) is 13.7. The van der Waals surface area contributed by atoms with E-state index in [1.807, 2.05) is 24.3 Å². The summed E-state index contributed by atoms with van der Waals surface area (Å²) in [7, 11) is 1.65. The van der Waals surface area contributed by atoms with Crippen molar-refractivity contribution in [2.75, 3.05) is 7.11 Å². The van der Waals surface area contributed by atoms with E-state index < -0.39 is 0 Å². The zero-order valence-electron chi connectivity index (χ0n) is 11.2. The van der Waals surface area contributed by atoms with Gasteiger partial charge in [0, 0.05) is 12.5 Å². The summed E-state index contributed by atoms with van der Waals surface area (Å²) in [4.78, 5) is 11.8. The second-order valence-corrected chi connectivity index (χ2v) is 5.53. The average Bonchev–Trinajstić information content (AvgIpc) is 2.82. The molecule has 0 heterocycles. The van der Waals surface area contributed by atoms with Gasteiger partial charge >= 0.3 is 0 Å². The van der Waals surface area contributed by atoms with E-state index in [1.54, 1.807) is 7.11 Å². The van der Waals surface area contributed by atoms with Crippen molar-refractivity contribution < 1.29 is 9.53 Å². The third kappa shape index (κ3) is 4.13. The number of hydrogen-bond acceptors (Lipinski definition) is 2. The van der Waals surface area contributed by atoms with Crippen LogP contribution in [0, 0.1) is 0 Å². The molecule has 1 aliphatic carbocycles. The molecule has 3 nitrogen and oxygen atoms in total. The largest absolute Gasteiger partial charge is 0.497 e. The van der Waals surface area contributed by atoms with Gasteiger partial charge in [0.15, 0.2) is 0 Å². The van der Waals surface area contributed by atoms with Crippen LogP contribution in [0.15, 0.2) is 24.3 Å². The number of carbonyl (C=O) groups excluding carboxylic acids is 1. The van der Waals surface area contributed by atoms with Crippen LogP contribution in [0.2, 0.25) is 0 Å². The first kappa shape index (κ1) is 14.2. The molecule has 0 saturated heterocycles. The van der Waals surface area contributed by atoms with Crippen LogP contribution in [0.3, 0.4) is 0 Å². The first-order valence-electron chi connectivity index (χ1n) is 6.75. The molecule has 2 rings (SSSR count). The van der Waals surface area contributed by atoms with Gasteiger partial charge in [-0.15, -0.1) is 11.6 Å². The number of methoxy groups -OCH3 is 1. The zero-order valence-corrected chi connectivity index (χ0v) is 12.0. The van der Waals surface area contributed by atoms with Gasteiger partial charge in [-0.2, -0.15) is 0 Å². The fraction of sp³-hybridized carbons (Fsp3) is 0.533. The predicted molar refractivity (Wildman–Crippen MR) is 76.7 cm³/mol. The van der Waals surface area contributed by atoms with Gasteiger partial charge < -0.3 is 10.1 Å². The van der Waals surface area contributed by atoms with Crippen LogP contribution in [0.1, 0.15) is 31.2 Å². The Labute approximate surface area is 119 Å². The van der Waals surface area contributed by atoms with E-state index >= 15 is 0 Å². The number of benzene rings is 1. The van der Waals surface area contributed by atoms with Crippen LogP contribution in [0.25, 0.3) is 0 Å². The fourth-order valence-electron chi connectivity index (χ4n) is 2.41. The molecule has 2 atom stereocenters. The highest BCUT2D eigenvalue weighted by Crippen LogP contribution is 2.24. The Kier molecular flexibility index (Phi) is 5.08. The van der Waals surface area contributed by atoms with Gasteiger partial charge in [0.1, 0.15) is 5.75 Å². The van der Waals surface area contributed by atoms with Crippen molar-refractivity contribution in [3.63, 3.8) is 0 Å². The van der Waals surface area contributed by atoms with Crippen molar-refractivity contribution >= 4 is 17.5 Å². The SMILES string of the molecule is COc1ccc(CCC(=O)NC2CCCC2Cl)cc1. The first-order valence-corrected chi connectivity index (χ1v) is 7.19. The minimum Gasteiger partial charge on any atom is -0.497 e. The van der Waals surface area contributed by atoms with Crippen LogP contribution >= 0.6 is 11.6 Å². The summed E-state index contributed by atoms with van der Waals surface area (Å²) < 4.78 is 5.10. The molecule has 0 bridgehead atoms. The minimum atomic E-state index is 0.0911. The molecule has 0 aromatic heterocycles. The van der Waals surface area contributed by atoms with Gasteiger partial charge in [-0.1, -0.05) is 12.1 Å². The third-order valence-electron chi connectivity index (χ3n) is 3.58. The van der Waals surface area contributed by atoms with Gasteiger partial charge in [-0.3, -0.25) is 4.79 Å². The molecule has 1 aromatic rings. The number of ether oxygens (including phenoxy) is 1. The number of amides is 1. The minimum absolute atomic E-state index is 0.0911. The van der Waals surface area contributed by atoms with E-state index in [0.717, 1.165) is 37.0 Å². The van der Waals surface area contributed by atoms with Gasteiger partial charge in [-0.25, -0.2) is 0 Å². The summed E-state index contributed by atoms with van der Waals surface area (Å²) in [5.41, 5.74) is 1.14. The maximum Gasteiger partial charge on any atom is 0.220 e.